The average Bonchev–Trinajstić information content (AvgIpc) is 2.48. The summed E-state index contributed by atoms with van der Waals surface area (Å²) in [5.41, 5.74) is 0.164. The molecule has 0 saturated carbocycles. The number of hydrogen-bond acceptors (Lipinski definition) is 5. The lowest BCUT2D eigenvalue weighted by molar-refractivity contribution is -0.133. The minimum Gasteiger partial charge on any atom is -0.470 e. The lowest BCUT2D eigenvalue weighted by Gasteiger charge is -2.32. The van der Waals surface area contributed by atoms with Crippen LogP contribution < -0.4 is 4.74 Å². The van der Waals surface area contributed by atoms with Crippen LogP contribution >= 0.6 is 11.6 Å². The Labute approximate surface area is 122 Å². The van der Waals surface area contributed by atoms with E-state index in [1.165, 1.54) is 12.4 Å². The van der Waals surface area contributed by atoms with Gasteiger partial charge in [-0.15, -0.1) is 11.6 Å². The van der Waals surface area contributed by atoms with Gasteiger partial charge in [-0.1, -0.05) is 0 Å². The molecule has 0 N–H and O–H groups in total. The van der Waals surface area contributed by atoms with Gasteiger partial charge in [0, 0.05) is 31.2 Å². The number of nitrogens with zero attached hydrogens (tertiary/aromatic N) is 4. The summed E-state index contributed by atoms with van der Waals surface area (Å²) in [6.07, 6.45) is 4.79. The lowest BCUT2D eigenvalue weighted by atomic mass is 10.1. The Morgan fingerprint density at radius 2 is 2.35 bits per heavy atom. The monoisotopic (exact) mass is 294 g/mol. The predicted molar refractivity (Wildman–Crippen MR) is 72.3 cm³/mol. The van der Waals surface area contributed by atoms with E-state index in [4.69, 9.17) is 21.6 Å². The Balaban J connectivity index is 1.99. The maximum Gasteiger partial charge on any atom is 0.251 e. The molecule has 0 aliphatic carbocycles. The van der Waals surface area contributed by atoms with Gasteiger partial charge in [0.05, 0.1) is 6.54 Å². The summed E-state index contributed by atoms with van der Waals surface area (Å²) in [5.74, 6) is 0.587. The summed E-state index contributed by atoms with van der Waals surface area (Å²) >= 11 is 5.59. The van der Waals surface area contributed by atoms with Crippen molar-refractivity contribution in [3.63, 3.8) is 0 Å². The van der Waals surface area contributed by atoms with Crippen molar-refractivity contribution in [2.75, 3.05) is 19.0 Å². The summed E-state index contributed by atoms with van der Waals surface area (Å²) in [6.45, 7) is 1.22. The van der Waals surface area contributed by atoms with E-state index in [0.717, 1.165) is 19.4 Å². The third-order valence-corrected chi connectivity index (χ3v) is 3.28. The first-order valence-electron chi connectivity index (χ1n) is 6.46. The number of likely N-dealkylation sites (tertiary alicyclic amines) is 1. The summed E-state index contributed by atoms with van der Waals surface area (Å²) in [6, 6.07) is 1.94. The van der Waals surface area contributed by atoms with Crippen molar-refractivity contribution in [2.24, 2.45) is 0 Å². The molecule has 2 rings (SSSR count). The summed E-state index contributed by atoms with van der Waals surface area (Å²) in [4.78, 5) is 21.5. The molecular formula is C13H15ClN4O2. The SMILES string of the molecule is N#Cc1nccnc1OC1CCCN(C(=O)CCCl)C1. The second-order valence-corrected chi connectivity index (χ2v) is 4.86. The van der Waals surface area contributed by atoms with E-state index < -0.39 is 0 Å². The minimum atomic E-state index is -0.160. The molecule has 6 nitrogen and oxygen atoms in total. The highest BCUT2D eigenvalue weighted by molar-refractivity contribution is 6.18. The molecule has 7 heteroatoms. The molecule has 1 aliphatic rings. The van der Waals surface area contributed by atoms with Gasteiger partial charge in [0.1, 0.15) is 12.2 Å². The highest BCUT2D eigenvalue weighted by atomic mass is 35.5. The van der Waals surface area contributed by atoms with Gasteiger partial charge < -0.3 is 9.64 Å². The highest BCUT2D eigenvalue weighted by Gasteiger charge is 2.25. The summed E-state index contributed by atoms with van der Waals surface area (Å²) < 4.78 is 5.71. The number of carbonyl (C=O) groups excluding carboxylic acids is 1. The second kappa shape index (κ2) is 7.06. The fraction of sp³-hybridized carbons (Fsp3) is 0.538. The number of carbonyl (C=O) groups is 1. The molecule has 1 aromatic heterocycles. The lowest BCUT2D eigenvalue weighted by Crippen LogP contribution is -2.44. The van der Waals surface area contributed by atoms with Crippen LogP contribution in [0.1, 0.15) is 25.0 Å². The van der Waals surface area contributed by atoms with Gasteiger partial charge >= 0.3 is 0 Å². The van der Waals surface area contributed by atoms with E-state index in [1.807, 2.05) is 6.07 Å². The van der Waals surface area contributed by atoms with Crippen molar-refractivity contribution in [2.45, 2.75) is 25.4 Å². The van der Waals surface area contributed by atoms with Crippen LogP contribution in [0.25, 0.3) is 0 Å². The molecular weight excluding hydrogens is 280 g/mol. The Hall–Kier alpha value is -1.87. The molecule has 1 aromatic rings. The Morgan fingerprint density at radius 1 is 1.55 bits per heavy atom. The number of aromatic nitrogens is 2. The van der Waals surface area contributed by atoms with Gasteiger partial charge in [0.2, 0.25) is 11.6 Å². The van der Waals surface area contributed by atoms with Crippen molar-refractivity contribution >= 4 is 17.5 Å². The van der Waals surface area contributed by atoms with Crippen LogP contribution in [0.3, 0.4) is 0 Å². The largest absolute Gasteiger partial charge is 0.470 e. The first-order valence-corrected chi connectivity index (χ1v) is 6.99. The number of amides is 1. The topological polar surface area (TPSA) is 79.1 Å². The molecule has 106 valence electrons. The Morgan fingerprint density at radius 3 is 3.10 bits per heavy atom. The third-order valence-electron chi connectivity index (χ3n) is 3.09. The van der Waals surface area contributed by atoms with Gasteiger partial charge in [-0.25, -0.2) is 9.97 Å². The molecule has 0 aromatic carbocycles. The standard InChI is InChI=1S/C13H15ClN4O2/c14-4-3-12(19)18-7-1-2-10(9-18)20-13-11(8-15)16-5-6-17-13/h5-6,10H,1-4,7,9H2. The molecule has 1 unspecified atom stereocenters. The summed E-state index contributed by atoms with van der Waals surface area (Å²) in [5, 5.41) is 8.95. The van der Waals surface area contributed by atoms with E-state index in [1.54, 1.807) is 4.90 Å². The van der Waals surface area contributed by atoms with Crippen LogP contribution in [-0.4, -0.2) is 45.8 Å². The zero-order chi connectivity index (χ0) is 14.4. The zero-order valence-corrected chi connectivity index (χ0v) is 11.7. The number of nitriles is 1. The van der Waals surface area contributed by atoms with E-state index in [0.29, 0.717) is 18.8 Å². The summed E-state index contributed by atoms with van der Waals surface area (Å²) in [7, 11) is 0. The van der Waals surface area contributed by atoms with Crippen molar-refractivity contribution < 1.29 is 9.53 Å². The van der Waals surface area contributed by atoms with Gasteiger partial charge in [0.15, 0.2) is 0 Å². The number of alkyl halides is 1. The zero-order valence-electron chi connectivity index (χ0n) is 11.0. The number of piperidine rings is 1. The molecule has 2 heterocycles. The predicted octanol–water partition coefficient (Wildman–Crippen LogP) is 1.35. The quantitative estimate of drug-likeness (QED) is 0.783. The van der Waals surface area contributed by atoms with Crippen LogP contribution in [0.4, 0.5) is 0 Å². The van der Waals surface area contributed by atoms with Crippen molar-refractivity contribution in [1.29, 1.82) is 5.26 Å². The molecule has 1 fully saturated rings. The maximum atomic E-state index is 11.8. The molecule has 1 amide bonds. The van der Waals surface area contributed by atoms with Crippen LogP contribution in [0.5, 0.6) is 5.88 Å². The van der Waals surface area contributed by atoms with Crippen molar-refractivity contribution in [3.8, 4) is 11.9 Å². The number of halogens is 1. The number of rotatable bonds is 4. The van der Waals surface area contributed by atoms with Crippen LogP contribution in [0, 0.1) is 11.3 Å². The molecule has 0 radical (unpaired) electrons. The van der Waals surface area contributed by atoms with Crippen LogP contribution in [0.2, 0.25) is 0 Å². The van der Waals surface area contributed by atoms with Gasteiger partial charge in [0.25, 0.3) is 5.88 Å². The average molecular weight is 295 g/mol. The van der Waals surface area contributed by atoms with Crippen molar-refractivity contribution in [3.05, 3.63) is 18.1 Å². The van der Waals surface area contributed by atoms with E-state index in [9.17, 15) is 4.79 Å². The normalized spacial score (nSPS) is 18.4. The number of ether oxygens (including phenoxy) is 1. The van der Waals surface area contributed by atoms with Gasteiger partial charge in [-0.05, 0) is 12.8 Å². The van der Waals surface area contributed by atoms with Crippen LogP contribution in [0.15, 0.2) is 12.4 Å². The first kappa shape index (κ1) is 14.5. The Bertz CT molecular complexity index is 517. The highest BCUT2D eigenvalue weighted by Crippen LogP contribution is 2.19. The molecule has 1 aliphatic heterocycles. The third kappa shape index (κ3) is 3.58. The molecule has 0 bridgehead atoms. The fourth-order valence-electron chi connectivity index (χ4n) is 2.15. The second-order valence-electron chi connectivity index (χ2n) is 4.48. The molecule has 1 atom stereocenters. The van der Waals surface area contributed by atoms with E-state index >= 15 is 0 Å². The van der Waals surface area contributed by atoms with Crippen molar-refractivity contribution in [1.82, 2.24) is 14.9 Å². The molecule has 1 saturated heterocycles. The molecule has 0 spiro atoms. The van der Waals surface area contributed by atoms with Gasteiger partial charge in [-0.2, -0.15) is 5.26 Å². The Kier molecular flexibility index (Phi) is 5.13. The van der Waals surface area contributed by atoms with Crippen LogP contribution in [-0.2, 0) is 4.79 Å². The fourth-order valence-corrected chi connectivity index (χ4v) is 2.31. The smallest absolute Gasteiger partial charge is 0.251 e. The molecule has 20 heavy (non-hydrogen) atoms. The van der Waals surface area contributed by atoms with Gasteiger partial charge in [-0.3, -0.25) is 4.79 Å². The minimum absolute atomic E-state index is 0.0351. The first-order chi connectivity index (χ1) is 9.74. The number of hydrogen-bond donors (Lipinski definition) is 0. The van der Waals surface area contributed by atoms with E-state index in [2.05, 4.69) is 9.97 Å². The van der Waals surface area contributed by atoms with E-state index in [-0.39, 0.29) is 23.6 Å². The maximum absolute atomic E-state index is 11.8.